The van der Waals surface area contributed by atoms with Crippen LogP contribution in [0.5, 0.6) is 0 Å². The van der Waals surface area contributed by atoms with E-state index in [-0.39, 0.29) is 9.37 Å². The van der Waals surface area contributed by atoms with Crippen LogP contribution >= 0.6 is 15.9 Å². The van der Waals surface area contributed by atoms with Gasteiger partial charge in [-0.05, 0) is 19.9 Å². The average Bonchev–Trinajstić information content (AvgIpc) is 2.34. The topological polar surface area (TPSA) is 118 Å². The van der Waals surface area contributed by atoms with Gasteiger partial charge < -0.3 is 5.11 Å². The maximum Gasteiger partial charge on any atom is 0.318 e. The van der Waals surface area contributed by atoms with Crippen LogP contribution in [-0.2, 0) is 14.8 Å². The van der Waals surface area contributed by atoms with E-state index in [0.29, 0.717) is 0 Å². The summed E-state index contributed by atoms with van der Waals surface area (Å²) < 4.78 is 25.9. The van der Waals surface area contributed by atoms with Crippen molar-refractivity contribution in [3.05, 3.63) is 32.8 Å². The Bertz CT molecular complexity index is 673. The number of benzene rings is 1. The van der Waals surface area contributed by atoms with Crippen molar-refractivity contribution < 1.29 is 23.2 Å². The van der Waals surface area contributed by atoms with E-state index in [1.807, 2.05) is 0 Å². The molecule has 1 N–H and O–H groups in total. The average molecular weight is 381 g/mol. The van der Waals surface area contributed by atoms with Crippen molar-refractivity contribution in [3.8, 4) is 0 Å². The molecular weight excluding hydrogens is 368 g/mol. The zero-order chi connectivity index (χ0) is 16.4. The number of carbonyl (C=O) groups is 1. The molecule has 0 aliphatic carbocycles. The van der Waals surface area contributed by atoms with Crippen molar-refractivity contribution in [2.24, 2.45) is 0 Å². The third-order valence-corrected chi connectivity index (χ3v) is 5.00. The Morgan fingerprint density at radius 1 is 1.43 bits per heavy atom. The Morgan fingerprint density at radius 2 is 2.00 bits per heavy atom. The number of halogens is 1. The SMILES string of the molecule is CC(C)N(CC(=O)O)S(=O)(=O)c1cc(Br)cc([N+](=O)[O-])c1. The van der Waals surface area contributed by atoms with E-state index < -0.39 is 39.2 Å². The van der Waals surface area contributed by atoms with Crippen molar-refractivity contribution in [2.45, 2.75) is 24.8 Å². The van der Waals surface area contributed by atoms with E-state index in [4.69, 9.17) is 5.11 Å². The first kappa shape index (κ1) is 17.5. The first-order valence-corrected chi connectivity index (χ1v) is 7.97. The quantitative estimate of drug-likeness (QED) is 0.594. The molecule has 10 heteroatoms. The highest BCUT2D eigenvalue weighted by molar-refractivity contribution is 9.10. The molecule has 0 atom stereocenters. The Kier molecular flexibility index (Phi) is 5.42. The third-order valence-electron chi connectivity index (χ3n) is 2.54. The first-order chi connectivity index (χ1) is 9.55. The molecule has 1 aromatic rings. The van der Waals surface area contributed by atoms with Gasteiger partial charge in [0.05, 0.1) is 9.82 Å². The van der Waals surface area contributed by atoms with E-state index in [9.17, 15) is 23.3 Å². The molecule has 0 radical (unpaired) electrons. The van der Waals surface area contributed by atoms with Crippen molar-refractivity contribution in [1.82, 2.24) is 4.31 Å². The zero-order valence-electron chi connectivity index (χ0n) is 11.2. The highest BCUT2D eigenvalue weighted by atomic mass is 79.9. The number of carboxylic acid groups (broad SMARTS) is 1. The summed E-state index contributed by atoms with van der Waals surface area (Å²) in [6.07, 6.45) is 0. The van der Waals surface area contributed by atoms with Gasteiger partial charge in [-0.2, -0.15) is 4.31 Å². The van der Waals surface area contributed by atoms with Gasteiger partial charge in [0, 0.05) is 22.6 Å². The monoisotopic (exact) mass is 380 g/mol. The summed E-state index contributed by atoms with van der Waals surface area (Å²) in [5, 5.41) is 19.6. The van der Waals surface area contributed by atoms with Gasteiger partial charge in [0.25, 0.3) is 5.69 Å². The molecule has 0 saturated carbocycles. The number of nitro benzene ring substituents is 1. The van der Waals surface area contributed by atoms with Gasteiger partial charge in [0.1, 0.15) is 6.54 Å². The second-order valence-corrected chi connectivity index (χ2v) is 7.25. The van der Waals surface area contributed by atoms with Crippen molar-refractivity contribution >= 4 is 37.6 Å². The maximum atomic E-state index is 12.5. The third kappa shape index (κ3) is 4.22. The molecule has 0 fully saturated rings. The van der Waals surface area contributed by atoms with Crippen LogP contribution in [0.25, 0.3) is 0 Å². The van der Waals surface area contributed by atoms with Crippen LogP contribution in [-0.4, -0.2) is 41.3 Å². The molecule has 0 aromatic heterocycles. The lowest BCUT2D eigenvalue weighted by Crippen LogP contribution is -2.40. The van der Waals surface area contributed by atoms with Gasteiger partial charge in [-0.1, -0.05) is 15.9 Å². The molecule has 0 saturated heterocycles. The van der Waals surface area contributed by atoms with Crippen molar-refractivity contribution in [2.75, 3.05) is 6.54 Å². The maximum absolute atomic E-state index is 12.5. The molecular formula is C11H13BrN2O6S. The molecule has 8 nitrogen and oxygen atoms in total. The molecule has 1 aromatic carbocycles. The Balaban J connectivity index is 3.40. The summed E-state index contributed by atoms with van der Waals surface area (Å²) in [6, 6.07) is 2.65. The standard InChI is InChI=1S/C11H13BrN2O6S/c1-7(2)13(6-11(15)16)21(19,20)10-4-8(12)3-9(5-10)14(17)18/h3-5,7H,6H2,1-2H3,(H,15,16). The van der Waals surface area contributed by atoms with Crippen LogP contribution in [0.1, 0.15) is 13.8 Å². The number of carboxylic acids is 1. The molecule has 0 amide bonds. The number of sulfonamides is 1. The zero-order valence-corrected chi connectivity index (χ0v) is 13.6. The van der Waals surface area contributed by atoms with Gasteiger partial charge in [-0.3, -0.25) is 14.9 Å². The molecule has 116 valence electrons. The number of rotatable bonds is 6. The highest BCUT2D eigenvalue weighted by Crippen LogP contribution is 2.27. The van der Waals surface area contributed by atoms with Crippen LogP contribution in [0.15, 0.2) is 27.6 Å². The Morgan fingerprint density at radius 3 is 2.43 bits per heavy atom. The van der Waals surface area contributed by atoms with Gasteiger partial charge in [0.15, 0.2) is 0 Å². The summed E-state index contributed by atoms with van der Waals surface area (Å²) in [4.78, 5) is 20.6. The first-order valence-electron chi connectivity index (χ1n) is 5.74. The Labute approximate surface area is 129 Å². The number of nitrogens with zero attached hydrogens (tertiary/aromatic N) is 2. The van der Waals surface area contributed by atoms with Crippen molar-refractivity contribution in [3.63, 3.8) is 0 Å². The van der Waals surface area contributed by atoms with Crippen LogP contribution in [0.4, 0.5) is 5.69 Å². The molecule has 0 aliphatic heterocycles. The van der Waals surface area contributed by atoms with E-state index >= 15 is 0 Å². The summed E-state index contributed by atoms with van der Waals surface area (Å²) in [7, 11) is -4.16. The summed E-state index contributed by atoms with van der Waals surface area (Å²) >= 11 is 3.01. The largest absolute Gasteiger partial charge is 0.480 e. The smallest absolute Gasteiger partial charge is 0.318 e. The lowest BCUT2D eigenvalue weighted by Gasteiger charge is -2.24. The minimum absolute atomic E-state index is 0.217. The Hall–Kier alpha value is -1.52. The predicted molar refractivity (Wildman–Crippen MR) is 77.5 cm³/mol. The minimum atomic E-state index is -4.16. The lowest BCUT2D eigenvalue weighted by atomic mass is 10.3. The number of aliphatic carboxylic acids is 1. The second-order valence-electron chi connectivity index (χ2n) is 4.44. The second kappa shape index (κ2) is 6.50. The van der Waals surface area contributed by atoms with E-state index in [2.05, 4.69) is 15.9 Å². The summed E-state index contributed by atoms with van der Waals surface area (Å²) in [5.41, 5.74) is -0.401. The summed E-state index contributed by atoms with van der Waals surface area (Å²) in [5.74, 6) is -1.31. The fourth-order valence-corrected chi connectivity index (χ4v) is 3.90. The van der Waals surface area contributed by atoms with E-state index in [0.717, 1.165) is 16.4 Å². The number of hydrogen-bond donors (Lipinski definition) is 1. The lowest BCUT2D eigenvalue weighted by molar-refractivity contribution is -0.385. The van der Waals surface area contributed by atoms with E-state index in [1.165, 1.54) is 19.9 Å². The molecule has 0 aliphatic rings. The van der Waals surface area contributed by atoms with Crippen LogP contribution in [0, 0.1) is 10.1 Å². The van der Waals surface area contributed by atoms with Gasteiger partial charge in [-0.15, -0.1) is 0 Å². The molecule has 1 rings (SSSR count). The normalized spacial score (nSPS) is 11.9. The van der Waals surface area contributed by atoms with Crippen LogP contribution in [0.3, 0.4) is 0 Å². The van der Waals surface area contributed by atoms with Gasteiger partial charge >= 0.3 is 5.97 Å². The summed E-state index contributed by atoms with van der Waals surface area (Å²) in [6.45, 7) is 2.32. The number of non-ortho nitro benzene ring substituents is 1. The molecule has 0 heterocycles. The fraction of sp³-hybridized carbons (Fsp3) is 0.364. The predicted octanol–water partition coefficient (Wildman–Crippen LogP) is 1.84. The molecule has 0 bridgehead atoms. The van der Waals surface area contributed by atoms with Crippen LogP contribution < -0.4 is 0 Å². The number of hydrogen-bond acceptors (Lipinski definition) is 5. The van der Waals surface area contributed by atoms with Gasteiger partial charge in [-0.25, -0.2) is 8.42 Å². The van der Waals surface area contributed by atoms with E-state index in [1.54, 1.807) is 0 Å². The van der Waals surface area contributed by atoms with Crippen LogP contribution in [0.2, 0.25) is 0 Å². The number of nitro groups is 1. The molecule has 0 spiro atoms. The fourth-order valence-electron chi connectivity index (χ4n) is 1.62. The minimum Gasteiger partial charge on any atom is -0.480 e. The molecule has 0 unspecified atom stereocenters. The highest BCUT2D eigenvalue weighted by Gasteiger charge is 2.30. The molecule has 21 heavy (non-hydrogen) atoms. The van der Waals surface area contributed by atoms with Crippen molar-refractivity contribution in [1.29, 1.82) is 0 Å². The van der Waals surface area contributed by atoms with Gasteiger partial charge in [0.2, 0.25) is 10.0 Å².